The largest absolute Gasteiger partial charge is 0.361 e. The van der Waals surface area contributed by atoms with Crippen LogP contribution in [0.4, 0.5) is 0 Å². The van der Waals surface area contributed by atoms with E-state index in [1.54, 1.807) is 0 Å². The van der Waals surface area contributed by atoms with Crippen molar-refractivity contribution in [3.8, 4) is 0 Å². The molecule has 2 N–H and O–H groups in total. The van der Waals surface area contributed by atoms with Crippen LogP contribution in [0.2, 0.25) is 0 Å². The second-order valence-electron chi connectivity index (χ2n) is 5.53. The van der Waals surface area contributed by atoms with Gasteiger partial charge in [-0.15, -0.1) is 11.3 Å². The number of benzene rings is 1. The normalized spacial score (nSPS) is 13.1. The van der Waals surface area contributed by atoms with Gasteiger partial charge < -0.3 is 15.2 Å². The lowest BCUT2D eigenvalue weighted by atomic mass is 10.1. The fourth-order valence-electron chi connectivity index (χ4n) is 2.58. The van der Waals surface area contributed by atoms with Crippen LogP contribution in [0.3, 0.4) is 0 Å². The fraction of sp³-hybridized carbons (Fsp3) is 0.294. The Morgan fingerprint density at radius 3 is 2.90 bits per heavy atom. The van der Waals surface area contributed by atoms with E-state index in [0.29, 0.717) is 6.04 Å². The van der Waals surface area contributed by atoms with E-state index in [0.717, 1.165) is 13.1 Å². The number of fused-ring (bicyclic) bond motifs is 1. The highest BCUT2D eigenvalue weighted by Gasteiger charge is 2.14. The number of hydrogen-bond acceptors (Lipinski definition) is 3. The van der Waals surface area contributed by atoms with Gasteiger partial charge in [-0.05, 0) is 48.6 Å². The number of aromatic nitrogens is 1. The van der Waals surface area contributed by atoms with Gasteiger partial charge in [0.1, 0.15) is 0 Å². The van der Waals surface area contributed by atoms with Crippen LogP contribution < -0.4 is 5.32 Å². The standard InChI is InChI=1S/C17H21N3S/c1-20(2)16(17-4-3-9-21-17)12-18-11-13-5-6-14-7-8-19-15(14)10-13/h3-10,16,18-19H,11-12H2,1-2H3. The van der Waals surface area contributed by atoms with Gasteiger partial charge in [-0.2, -0.15) is 0 Å². The molecule has 0 saturated carbocycles. The Labute approximate surface area is 129 Å². The number of aromatic amines is 1. The summed E-state index contributed by atoms with van der Waals surface area (Å²) in [5.41, 5.74) is 2.52. The van der Waals surface area contributed by atoms with Gasteiger partial charge >= 0.3 is 0 Å². The van der Waals surface area contributed by atoms with E-state index in [1.165, 1.54) is 21.3 Å². The first kappa shape index (κ1) is 14.3. The average Bonchev–Trinajstić information content (AvgIpc) is 3.13. The van der Waals surface area contributed by atoms with Gasteiger partial charge in [-0.3, -0.25) is 0 Å². The predicted octanol–water partition coefficient (Wildman–Crippen LogP) is 3.62. The molecule has 3 rings (SSSR count). The molecule has 0 fully saturated rings. The van der Waals surface area contributed by atoms with Crippen LogP contribution in [0.25, 0.3) is 10.9 Å². The summed E-state index contributed by atoms with van der Waals surface area (Å²) in [5, 5.41) is 6.99. The molecule has 4 heteroatoms. The van der Waals surface area contributed by atoms with Gasteiger partial charge in [-0.25, -0.2) is 0 Å². The maximum Gasteiger partial charge on any atom is 0.0561 e. The zero-order chi connectivity index (χ0) is 14.7. The second-order valence-corrected chi connectivity index (χ2v) is 6.50. The van der Waals surface area contributed by atoms with Crippen LogP contribution >= 0.6 is 11.3 Å². The lowest BCUT2D eigenvalue weighted by Gasteiger charge is -2.23. The summed E-state index contributed by atoms with van der Waals surface area (Å²) in [7, 11) is 4.27. The van der Waals surface area contributed by atoms with Gasteiger partial charge in [-0.1, -0.05) is 18.2 Å². The Kier molecular flexibility index (Phi) is 4.39. The summed E-state index contributed by atoms with van der Waals surface area (Å²) in [6, 6.07) is 13.4. The van der Waals surface area contributed by atoms with Crippen LogP contribution in [0.15, 0.2) is 48.0 Å². The molecule has 1 atom stereocenters. The minimum atomic E-state index is 0.430. The first-order chi connectivity index (χ1) is 10.2. The lowest BCUT2D eigenvalue weighted by molar-refractivity contribution is 0.292. The first-order valence-electron chi connectivity index (χ1n) is 7.20. The SMILES string of the molecule is CN(C)C(CNCc1ccc2cc[nH]c2c1)c1cccs1. The smallest absolute Gasteiger partial charge is 0.0561 e. The van der Waals surface area contributed by atoms with Gasteiger partial charge in [0.25, 0.3) is 0 Å². The Morgan fingerprint density at radius 2 is 2.14 bits per heavy atom. The number of nitrogens with one attached hydrogen (secondary N) is 2. The number of hydrogen-bond donors (Lipinski definition) is 2. The number of nitrogens with zero attached hydrogens (tertiary/aromatic N) is 1. The molecule has 2 aromatic heterocycles. The quantitative estimate of drug-likeness (QED) is 0.728. The molecule has 3 aromatic rings. The summed E-state index contributed by atoms with van der Waals surface area (Å²) >= 11 is 1.82. The number of rotatable bonds is 6. The van der Waals surface area contributed by atoms with Crippen LogP contribution in [0, 0.1) is 0 Å². The maximum atomic E-state index is 3.58. The molecule has 110 valence electrons. The van der Waals surface area contributed by atoms with Crippen LogP contribution in [0.1, 0.15) is 16.5 Å². The van der Waals surface area contributed by atoms with Crippen molar-refractivity contribution >= 4 is 22.2 Å². The number of thiophene rings is 1. The van der Waals surface area contributed by atoms with Crippen molar-refractivity contribution in [2.75, 3.05) is 20.6 Å². The van der Waals surface area contributed by atoms with Crippen LogP contribution in [0.5, 0.6) is 0 Å². The van der Waals surface area contributed by atoms with Gasteiger partial charge in [0.15, 0.2) is 0 Å². The van der Waals surface area contributed by atoms with Crippen LogP contribution in [-0.2, 0) is 6.54 Å². The summed E-state index contributed by atoms with van der Waals surface area (Å²) in [6.07, 6.45) is 1.99. The van der Waals surface area contributed by atoms with Crippen molar-refractivity contribution in [3.05, 3.63) is 58.4 Å². The van der Waals surface area contributed by atoms with Crippen molar-refractivity contribution in [2.24, 2.45) is 0 Å². The van der Waals surface area contributed by atoms with Crippen molar-refractivity contribution in [2.45, 2.75) is 12.6 Å². The zero-order valence-corrected chi connectivity index (χ0v) is 13.3. The van der Waals surface area contributed by atoms with Gasteiger partial charge in [0, 0.05) is 29.7 Å². The van der Waals surface area contributed by atoms with E-state index in [1.807, 2.05) is 17.5 Å². The van der Waals surface area contributed by atoms with E-state index in [2.05, 4.69) is 71.1 Å². The summed E-state index contributed by atoms with van der Waals surface area (Å²) in [5.74, 6) is 0. The highest BCUT2D eigenvalue weighted by molar-refractivity contribution is 7.10. The number of likely N-dealkylation sites (N-methyl/N-ethyl adjacent to an activating group) is 1. The maximum absolute atomic E-state index is 3.58. The molecular formula is C17H21N3S. The van der Waals surface area contributed by atoms with E-state index in [4.69, 9.17) is 0 Å². The molecule has 1 aromatic carbocycles. The molecule has 21 heavy (non-hydrogen) atoms. The molecule has 0 saturated heterocycles. The molecule has 0 aliphatic heterocycles. The molecular weight excluding hydrogens is 278 g/mol. The first-order valence-corrected chi connectivity index (χ1v) is 8.08. The van der Waals surface area contributed by atoms with Crippen molar-refractivity contribution in [3.63, 3.8) is 0 Å². The highest BCUT2D eigenvalue weighted by Crippen LogP contribution is 2.22. The molecule has 3 nitrogen and oxygen atoms in total. The van der Waals surface area contributed by atoms with E-state index < -0.39 is 0 Å². The molecule has 0 spiro atoms. The summed E-state index contributed by atoms with van der Waals surface area (Å²) in [4.78, 5) is 6.95. The Morgan fingerprint density at radius 1 is 1.24 bits per heavy atom. The topological polar surface area (TPSA) is 31.1 Å². The van der Waals surface area contributed by atoms with Gasteiger partial charge in [0.05, 0.1) is 6.04 Å². The molecule has 1 unspecified atom stereocenters. The summed E-state index contributed by atoms with van der Waals surface area (Å²) < 4.78 is 0. The summed E-state index contributed by atoms with van der Waals surface area (Å²) in [6.45, 7) is 1.85. The third-order valence-corrected chi connectivity index (χ3v) is 4.75. The van der Waals surface area contributed by atoms with Crippen molar-refractivity contribution in [1.29, 1.82) is 0 Å². The second kappa shape index (κ2) is 6.43. The molecule has 0 bridgehead atoms. The minimum Gasteiger partial charge on any atom is -0.361 e. The fourth-order valence-corrected chi connectivity index (χ4v) is 3.50. The highest BCUT2D eigenvalue weighted by atomic mass is 32.1. The third kappa shape index (κ3) is 3.35. The third-order valence-electron chi connectivity index (χ3n) is 3.78. The minimum absolute atomic E-state index is 0.430. The zero-order valence-electron chi connectivity index (χ0n) is 12.5. The molecule has 0 radical (unpaired) electrons. The molecule has 0 aliphatic carbocycles. The van der Waals surface area contributed by atoms with E-state index in [-0.39, 0.29) is 0 Å². The molecule has 0 aliphatic rings. The average molecular weight is 299 g/mol. The Balaban J connectivity index is 1.61. The number of H-pyrrole nitrogens is 1. The van der Waals surface area contributed by atoms with E-state index >= 15 is 0 Å². The monoisotopic (exact) mass is 299 g/mol. The lowest BCUT2D eigenvalue weighted by Crippen LogP contribution is -2.30. The van der Waals surface area contributed by atoms with Gasteiger partial charge in [0.2, 0.25) is 0 Å². The molecule has 0 amide bonds. The van der Waals surface area contributed by atoms with E-state index in [9.17, 15) is 0 Å². The van der Waals surface area contributed by atoms with Crippen molar-refractivity contribution < 1.29 is 0 Å². The molecule has 2 heterocycles. The predicted molar refractivity (Wildman–Crippen MR) is 90.8 cm³/mol. The van der Waals surface area contributed by atoms with Crippen LogP contribution in [-0.4, -0.2) is 30.5 Å². The Hall–Kier alpha value is -1.62. The van der Waals surface area contributed by atoms with Crippen molar-refractivity contribution in [1.82, 2.24) is 15.2 Å². The Bertz CT molecular complexity index is 685.